The molecule has 0 aliphatic heterocycles. The molecule has 0 saturated carbocycles. The summed E-state index contributed by atoms with van der Waals surface area (Å²) in [6, 6.07) is 10.6. The van der Waals surface area contributed by atoms with E-state index in [-0.39, 0.29) is 0 Å². The van der Waals surface area contributed by atoms with Crippen LogP contribution in [0.5, 0.6) is 0 Å². The normalized spacial score (nSPS) is 10.6. The summed E-state index contributed by atoms with van der Waals surface area (Å²) in [7, 11) is 0. The molecule has 1 aromatic heterocycles. The third-order valence-corrected chi connectivity index (χ3v) is 4.89. The fraction of sp³-hybridized carbons (Fsp3) is 0.385. The van der Waals surface area contributed by atoms with Gasteiger partial charge in [0, 0.05) is 0 Å². The molecule has 1 heterocycles. The summed E-state index contributed by atoms with van der Waals surface area (Å²) in [5.74, 6) is 0.660. The average molecular weight is 314 g/mol. The summed E-state index contributed by atoms with van der Waals surface area (Å²) >= 11 is 6.06. The van der Waals surface area contributed by atoms with E-state index in [0.29, 0.717) is 20.4 Å². The van der Waals surface area contributed by atoms with Crippen LogP contribution in [0.3, 0.4) is 0 Å². The summed E-state index contributed by atoms with van der Waals surface area (Å²) < 4.78 is 2.47. The van der Waals surface area contributed by atoms with Gasteiger partial charge < -0.3 is 0 Å². The maximum atomic E-state index is 5.69. The number of halogens is 1. The predicted molar refractivity (Wildman–Crippen MR) is 71.9 cm³/mol. The zero-order valence-corrected chi connectivity index (χ0v) is 12.1. The number of hydrogen-bond acceptors (Lipinski definition) is 2. The zero-order valence-electron chi connectivity index (χ0n) is 9.60. The molecular formula is C13H15ClN2Se. The second-order valence-electron chi connectivity index (χ2n) is 3.87. The van der Waals surface area contributed by atoms with Crippen LogP contribution in [0.25, 0.3) is 0 Å². The molecule has 4 heteroatoms. The molecule has 0 radical (unpaired) electrons. The summed E-state index contributed by atoms with van der Waals surface area (Å²) in [6.45, 7) is 0. The van der Waals surface area contributed by atoms with Gasteiger partial charge in [0.05, 0.1) is 0 Å². The van der Waals surface area contributed by atoms with Crippen molar-refractivity contribution < 1.29 is 0 Å². The van der Waals surface area contributed by atoms with Crippen molar-refractivity contribution in [3.8, 4) is 0 Å². The van der Waals surface area contributed by atoms with Crippen LogP contribution in [-0.4, -0.2) is 30.6 Å². The van der Waals surface area contributed by atoms with Gasteiger partial charge >= 0.3 is 113 Å². The number of hydrogen-bond donors (Lipinski definition) is 0. The molecule has 2 nitrogen and oxygen atoms in total. The number of benzene rings is 1. The second-order valence-corrected chi connectivity index (χ2v) is 6.65. The first-order chi connectivity index (χ1) is 8.38. The molecule has 0 N–H and O–H groups in total. The van der Waals surface area contributed by atoms with Crippen molar-refractivity contribution in [1.82, 2.24) is 10.2 Å². The van der Waals surface area contributed by atoms with E-state index in [1.807, 2.05) is 0 Å². The summed E-state index contributed by atoms with van der Waals surface area (Å²) in [5, 5.41) is 8.42. The van der Waals surface area contributed by atoms with Gasteiger partial charge in [-0.05, 0) is 0 Å². The van der Waals surface area contributed by atoms with Crippen LogP contribution in [0, 0.1) is 0 Å². The molecule has 0 aliphatic rings. The van der Waals surface area contributed by atoms with Crippen molar-refractivity contribution in [3.05, 3.63) is 45.0 Å². The third-order valence-electron chi connectivity index (χ3n) is 2.52. The van der Waals surface area contributed by atoms with Crippen molar-refractivity contribution in [1.29, 1.82) is 0 Å². The molecule has 2 rings (SSSR count). The van der Waals surface area contributed by atoms with E-state index in [0.717, 1.165) is 25.7 Å². The van der Waals surface area contributed by atoms with Crippen molar-refractivity contribution in [2.24, 2.45) is 0 Å². The van der Waals surface area contributed by atoms with Crippen molar-refractivity contribution in [2.45, 2.75) is 25.7 Å². The molecule has 0 bridgehead atoms. The van der Waals surface area contributed by atoms with E-state index in [9.17, 15) is 0 Å². The summed E-state index contributed by atoms with van der Waals surface area (Å²) in [4.78, 5) is 0. The van der Waals surface area contributed by atoms with Gasteiger partial charge in [0.25, 0.3) is 0 Å². The van der Waals surface area contributed by atoms with Crippen LogP contribution < -0.4 is 0 Å². The Morgan fingerprint density at radius 2 is 1.65 bits per heavy atom. The quantitative estimate of drug-likeness (QED) is 0.605. The van der Waals surface area contributed by atoms with Crippen LogP contribution in [0.2, 0.25) is 0 Å². The number of aryl methyl sites for hydroxylation is 3. The molecule has 0 atom stereocenters. The van der Waals surface area contributed by atoms with Gasteiger partial charge in [-0.15, -0.1) is 0 Å². The first-order valence-electron chi connectivity index (χ1n) is 5.79. The number of rotatable bonds is 6. The fourth-order valence-electron chi connectivity index (χ4n) is 1.66. The van der Waals surface area contributed by atoms with Crippen molar-refractivity contribution in [3.63, 3.8) is 0 Å². The van der Waals surface area contributed by atoms with Crippen LogP contribution in [0.1, 0.15) is 21.1 Å². The average Bonchev–Trinajstić information content (AvgIpc) is 2.79. The Morgan fingerprint density at radius 1 is 0.941 bits per heavy atom. The van der Waals surface area contributed by atoms with Crippen LogP contribution in [0.15, 0.2) is 30.3 Å². The minimum atomic E-state index is 0.367. The van der Waals surface area contributed by atoms with E-state index in [2.05, 4.69) is 40.5 Å². The first kappa shape index (κ1) is 12.8. The molecule has 1 aromatic carbocycles. The Balaban J connectivity index is 1.78. The topological polar surface area (TPSA) is 25.8 Å². The van der Waals surface area contributed by atoms with E-state index in [4.69, 9.17) is 11.6 Å². The van der Waals surface area contributed by atoms with Gasteiger partial charge in [-0.1, -0.05) is 0 Å². The van der Waals surface area contributed by atoms with E-state index in [1.165, 1.54) is 14.7 Å². The first-order valence-corrected chi connectivity index (χ1v) is 8.04. The molecule has 0 spiro atoms. The summed E-state index contributed by atoms with van der Waals surface area (Å²) in [6.07, 6.45) is 4.26. The van der Waals surface area contributed by atoms with Crippen molar-refractivity contribution >= 4 is 26.1 Å². The van der Waals surface area contributed by atoms with Gasteiger partial charge in [-0.25, -0.2) is 0 Å². The molecule has 0 saturated heterocycles. The van der Waals surface area contributed by atoms with Gasteiger partial charge in [0.2, 0.25) is 0 Å². The van der Waals surface area contributed by atoms with E-state index < -0.39 is 0 Å². The molecule has 0 unspecified atom stereocenters. The van der Waals surface area contributed by atoms with E-state index in [1.54, 1.807) is 0 Å². The number of aromatic nitrogens is 2. The minimum absolute atomic E-state index is 0.367. The summed E-state index contributed by atoms with van der Waals surface area (Å²) in [5.41, 5.74) is 1.40. The molecule has 90 valence electrons. The standard InChI is InChI=1S/C13H15ClN2Se/c14-10-9-13-16-15-12(17-13)8-4-7-11-5-2-1-3-6-11/h1-3,5-6H,4,7-10H2. The Morgan fingerprint density at radius 3 is 2.35 bits per heavy atom. The number of alkyl halides is 1. The Bertz CT molecular complexity index is 442. The SMILES string of the molecule is ClCCc1nnc(CCCc2ccccc2)[se]1. The monoisotopic (exact) mass is 314 g/mol. The molecule has 17 heavy (non-hydrogen) atoms. The molecular weight excluding hydrogens is 299 g/mol. The van der Waals surface area contributed by atoms with Gasteiger partial charge in [-0.2, -0.15) is 0 Å². The van der Waals surface area contributed by atoms with Gasteiger partial charge in [0.15, 0.2) is 0 Å². The predicted octanol–water partition coefficient (Wildman–Crippen LogP) is 2.49. The van der Waals surface area contributed by atoms with Crippen molar-refractivity contribution in [2.75, 3.05) is 5.88 Å². The van der Waals surface area contributed by atoms with Crippen LogP contribution >= 0.6 is 11.6 Å². The number of nitrogens with zero attached hydrogens (tertiary/aromatic N) is 2. The molecule has 0 amide bonds. The molecule has 2 aromatic rings. The molecule has 0 aliphatic carbocycles. The van der Waals surface area contributed by atoms with E-state index >= 15 is 0 Å². The Kier molecular flexibility index (Phi) is 5.24. The molecule has 0 fully saturated rings. The Labute approximate surface area is 113 Å². The van der Waals surface area contributed by atoms with Gasteiger partial charge in [-0.3, -0.25) is 0 Å². The second kappa shape index (κ2) is 6.95. The van der Waals surface area contributed by atoms with Crippen LogP contribution in [-0.2, 0) is 19.3 Å². The fourth-order valence-corrected chi connectivity index (χ4v) is 3.95. The third kappa shape index (κ3) is 4.27. The Hall–Kier alpha value is -0.631. The maximum absolute atomic E-state index is 5.69. The van der Waals surface area contributed by atoms with Crippen LogP contribution in [0.4, 0.5) is 0 Å². The van der Waals surface area contributed by atoms with Gasteiger partial charge in [0.1, 0.15) is 0 Å². The zero-order chi connectivity index (χ0) is 11.9.